The predicted octanol–water partition coefficient (Wildman–Crippen LogP) is 3.96. The van der Waals surface area contributed by atoms with Crippen molar-refractivity contribution >= 4 is 44.3 Å². The van der Waals surface area contributed by atoms with Gasteiger partial charge >= 0.3 is 0 Å². The minimum atomic E-state index is -3.65. The molecule has 0 radical (unpaired) electrons. The zero-order valence-corrected chi connectivity index (χ0v) is 17.6. The molecule has 1 fully saturated rings. The molecule has 142 valence electrons. The van der Waals surface area contributed by atoms with Gasteiger partial charge in [0.1, 0.15) is 4.90 Å². The van der Waals surface area contributed by atoms with Gasteiger partial charge in [-0.25, -0.2) is 8.42 Å². The van der Waals surface area contributed by atoms with Gasteiger partial charge in [-0.05, 0) is 44.7 Å². The Bertz CT molecular complexity index is 888. The van der Waals surface area contributed by atoms with Crippen LogP contribution in [-0.2, 0) is 10.0 Å². The van der Waals surface area contributed by atoms with Gasteiger partial charge in [-0.3, -0.25) is 4.72 Å². The van der Waals surface area contributed by atoms with Gasteiger partial charge < -0.3 is 9.80 Å². The largest absolute Gasteiger partial charge is 0.367 e. The van der Waals surface area contributed by atoms with Crippen molar-refractivity contribution in [2.45, 2.75) is 25.7 Å². The Labute approximate surface area is 164 Å². The maximum Gasteiger partial charge on any atom is 0.263 e. The summed E-state index contributed by atoms with van der Waals surface area (Å²) >= 11 is 7.64. The summed E-state index contributed by atoms with van der Waals surface area (Å²) in [6, 6.07) is 7.11. The third-order valence-electron chi connectivity index (χ3n) is 4.65. The Morgan fingerprint density at radius 2 is 1.85 bits per heavy atom. The van der Waals surface area contributed by atoms with Crippen LogP contribution in [0.1, 0.15) is 16.7 Å². The third kappa shape index (κ3) is 4.17. The van der Waals surface area contributed by atoms with Gasteiger partial charge in [0, 0.05) is 41.0 Å². The number of rotatable bonds is 5. The first-order valence-corrected chi connectivity index (χ1v) is 11.3. The normalized spacial score (nSPS) is 16.1. The van der Waals surface area contributed by atoms with E-state index in [-0.39, 0.29) is 0 Å². The van der Waals surface area contributed by atoms with Crippen molar-refractivity contribution in [3.05, 3.63) is 39.0 Å². The summed E-state index contributed by atoms with van der Waals surface area (Å²) in [4.78, 5) is 6.70. The number of likely N-dealkylation sites (N-methyl/N-ethyl adjacent to an activating group) is 1. The molecule has 0 unspecified atom stereocenters. The van der Waals surface area contributed by atoms with Gasteiger partial charge in [0.15, 0.2) is 0 Å². The molecule has 0 bridgehead atoms. The summed E-state index contributed by atoms with van der Waals surface area (Å²) in [5.41, 5.74) is 1.41. The number of nitrogens with zero attached hydrogens (tertiary/aromatic N) is 2. The lowest BCUT2D eigenvalue weighted by Gasteiger charge is -2.36. The molecule has 0 aliphatic carbocycles. The van der Waals surface area contributed by atoms with Crippen LogP contribution in [0.4, 0.5) is 11.4 Å². The summed E-state index contributed by atoms with van der Waals surface area (Å²) in [5.74, 6) is 0. The molecule has 0 amide bonds. The van der Waals surface area contributed by atoms with Crippen LogP contribution in [0.2, 0.25) is 5.02 Å². The van der Waals surface area contributed by atoms with Crippen LogP contribution in [0.25, 0.3) is 0 Å². The van der Waals surface area contributed by atoms with Gasteiger partial charge in [0.25, 0.3) is 10.0 Å². The first kappa shape index (κ1) is 19.5. The van der Waals surface area contributed by atoms with Gasteiger partial charge in [0.2, 0.25) is 0 Å². The van der Waals surface area contributed by atoms with E-state index in [1.54, 1.807) is 18.2 Å². The molecule has 5 nitrogen and oxygen atoms in total. The molecule has 1 saturated heterocycles. The lowest BCUT2D eigenvalue weighted by molar-refractivity contribution is 0.271. The lowest BCUT2D eigenvalue weighted by Crippen LogP contribution is -2.46. The highest BCUT2D eigenvalue weighted by atomic mass is 35.5. The van der Waals surface area contributed by atoms with Gasteiger partial charge in [0.05, 0.1) is 11.4 Å². The molecule has 1 N–H and O–H groups in total. The van der Waals surface area contributed by atoms with Crippen LogP contribution in [0.15, 0.2) is 29.2 Å². The second-order valence-corrected chi connectivity index (χ2v) is 10.0. The monoisotopic (exact) mass is 413 g/mol. The molecule has 1 aliphatic heterocycles. The molecule has 3 rings (SSSR count). The average molecular weight is 414 g/mol. The minimum Gasteiger partial charge on any atom is -0.367 e. The van der Waals surface area contributed by atoms with E-state index < -0.39 is 10.0 Å². The highest BCUT2D eigenvalue weighted by Crippen LogP contribution is 2.33. The summed E-state index contributed by atoms with van der Waals surface area (Å²) in [6.07, 6.45) is 0. The van der Waals surface area contributed by atoms with Gasteiger partial charge in [-0.15, -0.1) is 11.3 Å². The Kier molecular flexibility index (Phi) is 5.81. The van der Waals surface area contributed by atoms with E-state index in [0.29, 0.717) is 15.6 Å². The second kappa shape index (κ2) is 7.76. The Hall–Kier alpha value is -1.28. The lowest BCUT2D eigenvalue weighted by atomic mass is 10.2. The Balaban J connectivity index is 1.90. The number of halogens is 1. The van der Waals surface area contributed by atoms with Crippen LogP contribution in [0, 0.1) is 13.8 Å². The van der Waals surface area contributed by atoms with Crippen molar-refractivity contribution < 1.29 is 8.42 Å². The van der Waals surface area contributed by atoms with Crippen molar-refractivity contribution in [3.63, 3.8) is 0 Å². The summed E-state index contributed by atoms with van der Waals surface area (Å²) in [7, 11) is -3.65. The van der Waals surface area contributed by atoms with Gasteiger partial charge in [-0.1, -0.05) is 18.5 Å². The zero-order valence-electron chi connectivity index (χ0n) is 15.3. The van der Waals surface area contributed by atoms with E-state index in [2.05, 4.69) is 21.4 Å². The Morgan fingerprint density at radius 1 is 1.15 bits per heavy atom. The molecule has 0 spiro atoms. The quantitative estimate of drug-likeness (QED) is 0.806. The van der Waals surface area contributed by atoms with E-state index >= 15 is 0 Å². The number of piperazine rings is 1. The molecular weight excluding hydrogens is 390 g/mol. The summed E-state index contributed by atoms with van der Waals surface area (Å²) in [6.45, 7) is 10.6. The van der Waals surface area contributed by atoms with E-state index in [1.807, 2.05) is 19.9 Å². The van der Waals surface area contributed by atoms with Crippen LogP contribution >= 0.6 is 22.9 Å². The zero-order chi connectivity index (χ0) is 18.9. The number of sulfonamides is 1. The standard InChI is InChI=1S/C18H24ClN3O2S2/c1-4-21-7-9-22(10-8-21)17-6-5-15(19)12-16(17)20-26(23,24)18-11-13(2)25-14(18)3/h5-6,11-12,20H,4,7-10H2,1-3H3. The number of anilines is 2. The molecule has 1 aromatic carbocycles. The highest BCUT2D eigenvalue weighted by molar-refractivity contribution is 7.93. The molecule has 0 saturated carbocycles. The molecule has 1 aromatic heterocycles. The Morgan fingerprint density at radius 3 is 2.42 bits per heavy atom. The molecule has 2 heterocycles. The first-order chi connectivity index (χ1) is 12.3. The second-order valence-electron chi connectivity index (χ2n) is 6.47. The molecule has 1 aliphatic rings. The summed E-state index contributed by atoms with van der Waals surface area (Å²) in [5, 5.41) is 0.511. The van der Waals surface area contributed by atoms with Gasteiger partial charge in [-0.2, -0.15) is 0 Å². The molecule has 0 atom stereocenters. The van der Waals surface area contributed by atoms with Crippen LogP contribution in [0.3, 0.4) is 0 Å². The maximum absolute atomic E-state index is 12.9. The number of thiophene rings is 1. The highest BCUT2D eigenvalue weighted by Gasteiger charge is 2.23. The number of benzene rings is 1. The fourth-order valence-electron chi connectivity index (χ4n) is 3.24. The van der Waals surface area contributed by atoms with Crippen LogP contribution in [-0.4, -0.2) is 46.0 Å². The minimum absolute atomic E-state index is 0.335. The van der Waals surface area contributed by atoms with E-state index in [9.17, 15) is 8.42 Å². The maximum atomic E-state index is 12.9. The average Bonchev–Trinajstić information content (AvgIpc) is 2.94. The number of nitrogens with one attached hydrogen (secondary N) is 1. The first-order valence-electron chi connectivity index (χ1n) is 8.67. The fourth-order valence-corrected chi connectivity index (χ4v) is 6.04. The van der Waals surface area contributed by atoms with E-state index in [4.69, 9.17) is 11.6 Å². The molecule has 2 aromatic rings. The van der Waals surface area contributed by atoms with E-state index in [0.717, 1.165) is 48.2 Å². The predicted molar refractivity (Wildman–Crippen MR) is 110 cm³/mol. The van der Waals surface area contributed by atoms with Crippen molar-refractivity contribution in [1.82, 2.24) is 4.90 Å². The SMILES string of the molecule is CCN1CCN(c2ccc(Cl)cc2NS(=O)(=O)c2cc(C)sc2C)CC1. The topological polar surface area (TPSA) is 52.6 Å². The van der Waals surface area contributed by atoms with Crippen molar-refractivity contribution in [2.75, 3.05) is 42.3 Å². The van der Waals surface area contributed by atoms with Crippen molar-refractivity contribution in [2.24, 2.45) is 0 Å². The summed E-state index contributed by atoms with van der Waals surface area (Å²) < 4.78 is 28.6. The fraction of sp³-hybridized carbons (Fsp3) is 0.444. The number of aryl methyl sites for hydroxylation is 2. The van der Waals surface area contributed by atoms with Crippen LogP contribution in [0.5, 0.6) is 0 Å². The molecule has 26 heavy (non-hydrogen) atoms. The van der Waals surface area contributed by atoms with E-state index in [1.165, 1.54) is 11.3 Å². The number of hydrogen-bond acceptors (Lipinski definition) is 5. The number of hydrogen-bond donors (Lipinski definition) is 1. The smallest absolute Gasteiger partial charge is 0.263 e. The van der Waals surface area contributed by atoms with Crippen molar-refractivity contribution in [3.8, 4) is 0 Å². The van der Waals surface area contributed by atoms with Crippen LogP contribution < -0.4 is 9.62 Å². The van der Waals surface area contributed by atoms with Crippen molar-refractivity contribution in [1.29, 1.82) is 0 Å². The third-order valence-corrected chi connectivity index (χ3v) is 7.47. The molecule has 8 heteroatoms. The molecular formula is C18H24ClN3O2S2.